The molecule has 0 bridgehead atoms. The highest BCUT2D eigenvalue weighted by Gasteiger charge is 2.28. The van der Waals surface area contributed by atoms with E-state index in [2.05, 4.69) is 16.8 Å². The highest BCUT2D eigenvalue weighted by atomic mass is 16.5. The maximum absolute atomic E-state index is 11.5. The molecule has 96 valence electrons. The van der Waals surface area contributed by atoms with Crippen LogP contribution >= 0.6 is 0 Å². The SMILES string of the molecule is CCCn1cc(C(O)C(CC)C(=O)OC)cn1. The number of aryl methyl sites for hydroxylation is 1. The molecule has 0 amide bonds. The summed E-state index contributed by atoms with van der Waals surface area (Å²) in [5, 5.41) is 14.2. The number of nitrogens with zero attached hydrogens (tertiary/aromatic N) is 2. The summed E-state index contributed by atoms with van der Waals surface area (Å²) in [6, 6.07) is 0. The first-order chi connectivity index (χ1) is 8.13. The largest absolute Gasteiger partial charge is 0.469 e. The zero-order valence-corrected chi connectivity index (χ0v) is 10.6. The van der Waals surface area contributed by atoms with Gasteiger partial charge < -0.3 is 9.84 Å². The molecule has 1 N–H and O–H groups in total. The van der Waals surface area contributed by atoms with Gasteiger partial charge in [-0.3, -0.25) is 9.48 Å². The third-order valence-electron chi connectivity index (χ3n) is 2.77. The van der Waals surface area contributed by atoms with Crippen molar-refractivity contribution in [2.75, 3.05) is 7.11 Å². The quantitative estimate of drug-likeness (QED) is 0.766. The molecular formula is C12H20N2O3. The molecule has 0 aliphatic carbocycles. The predicted molar refractivity (Wildman–Crippen MR) is 63.3 cm³/mol. The minimum Gasteiger partial charge on any atom is -0.469 e. The van der Waals surface area contributed by atoms with Crippen LogP contribution in [0.25, 0.3) is 0 Å². The summed E-state index contributed by atoms with van der Waals surface area (Å²) in [7, 11) is 1.33. The fraction of sp³-hybridized carbons (Fsp3) is 0.667. The Labute approximate surface area is 101 Å². The Morgan fingerprint density at radius 1 is 1.59 bits per heavy atom. The second-order valence-electron chi connectivity index (χ2n) is 4.02. The van der Waals surface area contributed by atoms with Crippen molar-refractivity contribution in [1.29, 1.82) is 0 Å². The number of methoxy groups -OCH3 is 1. The minimum absolute atomic E-state index is 0.386. The number of aromatic nitrogens is 2. The van der Waals surface area contributed by atoms with E-state index in [4.69, 9.17) is 0 Å². The molecule has 0 saturated heterocycles. The van der Waals surface area contributed by atoms with E-state index in [0.717, 1.165) is 13.0 Å². The normalized spacial score (nSPS) is 14.4. The number of aliphatic hydroxyl groups excluding tert-OH is 1. The molecule has 0 aliphatic rings. The van der Waals surface area contributed by atoms with Crippen LogP contribution in [-0.4, -0.2) is 28.0 Å². The zero-order chi connectivity index (χ0) is 12.8. The average molecular weight is 240 g/mol. The third kappa shape index (κ3) is 3.30. The lowest BCUT2D eigenvalue weighted by Crippen LogP contribution is -2.22. The lowest BCUT2D eigenvalue weighted by Gasteiger charge is -2.17. The van der Waals surface area contributed by atoms with Crippen molar-refractivity contribution in [1.82, 2.24) is 9.78 Å². The fourth-order valence-corrected chi connectivity index (χ4v) is 1.79. The van der Waals surface area contributed by atoms with Gasteiger partial charge in [-0.15, -0.1) is 0 Å². The number of aliphatic hydroxyl groups is 1. The summed E-state index contributed by atoms with van der Waals surface area (Å²) in [5.74, 6) is -0.914. The number of hydrogen-bond donors (Lipinski definition) is 1. The molecule has 1 aromatic rings. The van der Waals surface area contributed by atoms with E-state index < -0.39 is 12.0 Å². The first-order valence-corrected chi connectivity index (χ1v) is 5.92. The highest BCUT2D eigenvalue weighted by Crippen LogP contribution is 2.25. The number of carbonyl (C=O) groups is 1. The van der Waals surface area contributed by atoms with Crippen LogP contribution in [0.5, 0.6) is 0 Å². The van der Waals surface area contributed by atoms with Gasteiger partial charge >= 0.3 is 5.97 Å². The molecule has 2 atom stereocenters. The second kappa shape index (κ2) is 6.39. The van der Waals surface area contributed by atoms with Crippen molar-refractivity contribution >= 4 is 5.97 Å². The number of ether oxygens (including phenoxy) is 1. The molecule has 17 heavy (non-hydrogen) atoms. The summed E-state index contributed by atoms with van der Waals surface area (Å²) in [6.07, 6.45) is 4.04. The second-order valence-corrected chi connectivity index (χ2v) is 4.02. The molecule has 5 heteroatoms. The topological polar surface area (TPSA) is 64.4 Å². The van der Waals surface area contributed by atoms with Gasteiger partial charge in [0.1, 0.15) is 0 Å². The molecular weight excluding hydrogens is 220 g/mol. The number of hydrogen-bond acceptors (Lipinski definition) is 4. The van der Waals surface area contributed by atoms with Crippen molar-refractivity contribution < 1.29 is 14.6 Å². The van der Waals surface area contributed by atoms with E-state index >= 15 is 0 Å². The van der Waals surface area contributed by atoms with Crippen LogP contribution in [0.15, 0.2) is 12.4 Å². The van der Waals surface area contributed by atoms with E-state index in [1.807, 2.05) is 6.92 Å². The molecule has 5 nitrogen and oxygen atoms in total. The van der Waals surface area contributed by atoms with Crippen LogP contribution in [0.1, 0.15) is 38.4 Å². The van der Waals surface area contributed by atoms with Crippen LogP contribution in [0.4, 0.5) is 0 Å². The summed E-state index contributed by atoms with van der Waals surface area (Å²) < 4.78 is 6.44. The van der Waals surface area contributed by atoms with Crippen molar-refractivity contribution in [2.45, 2.75) is 39.3 Å². The van der Waals surface area contributed by atoms with E-state index in [1.54, 1.807) is 17.1 Å². The Bertz CT molecular complexity index is 362. The van der Waals surface area contributed by atoms with Crippen molar-refractivity contribution in [3.8, 4) is 0 Å². The smallest absolute Gasteiger partial charge is 0.311 e. The standard InChI is InChI=1S/C12H20N2O3/c1-4-6-14-8-9(7-13-14)11(15)10(5-2)12(16)17-3/h7-8,10-11,15H,4-6H2,1-3H3. The van der Waals surface area contributed by atoms with Crippen LogP contribution < -0.4 is 0 Å². The molecule has 2 unspecified atom stereocenters. The summed E-state index contributed by atoms with van der Waals surface area (Å²) in [4.78, 5) is 11.5. The molecule has 0 aromatic carbocycles. The fourth-order valence-electron chi connectivity index (χ4n) is 1.79. The average Bonchev–Trinajstić information content (AvgIpc) is 2.78. The lowest BCUT2D eigenvalue weighted by molar-refractivity contribution is -0.149. The molecule has 0 spiro atoms. The Hall–Kier alpha value is -1.36. The van der Waals surface area contributed by atoms with Gasteiger partial charge in [0, 0.05) is 18.3 Å². The molecule has 1 aromatic heterocycles. The van der Waals surface area contributed by atoms with Crippen molar-refractivity contribution in [2.24, 2.45) is 5.92 Å². The Balaban J connectivity index is 2.78. The van der Waals surface area contributed by atoms with Crippen LogP contribution in [0.3, 0.4) is 0 Å². The molecule has 0 saturated carbocycles. The summed E-state index contributed by atoms with van der Waals surface area (Å²) in [5.41, 5.74) is 0.663. The predicted octanol–water partition coefficient (Wildman–Crippen LogP) is 1.53. The Kier molecular flexibility index (Phi) is 5.15. The maximum atomic E-state index is 11.5. The van der Waals surface area contributed by atoms with Gasteiger partial charge in [-0.25, -0.2) is 0 Å². The van der Waals surface area contributed by atoms with Crippen molar-refractivity contribution in [3.63, 3.8) is 0 Å². The van der Waals surface area contributed by atoms with E-state index in [-0.39, 0.29) is 5.97 Å². The van der Waals surface area contributed by atoms with Gasteiger partial charge in [0.05, 0.1) is 25.3 Å². The van der Waals surface area contributed by atoms with Gasteiger partial charge in [-0.2, -0.15) is 5.10 Å². The minimum atomic E-state index is -0.849. The van der Waals surface area contributed by atoms with Gasteiger partial charge in [0.25, 0.3) is 0 Å². The summed E-state index contributed by atoms with van der Waals surface area (Å²) in [6.45, 7) is 4.71. The molecule has 1 heterocycles. The first kappa shape index (κ1) is 13.7. The van der Waals surface area contributed by atoms with Gasteiger partial charge in [0.2, 0.25) is 0 Å². The van der Waals surface area contributed by atoms with Gasteiger partial charge in [0.15, 0.2) is 0 Å². The first-order valence-electron chi connectivity index (χ1n) is 5.92. The molecule has 1 rings (SSSR count). The van der Waals surface area contributed by atoms with E-state index in [9.17, 15) is 9.90 Å². The van der Waals surface area contributed by atoms with Gasteiger partial charge in [-0.05, 0) is 12.8 Å². The van der Waals surface area contributed by atoms with E-state index in [0.29, 0.717) is 12.0 Å². The third-order valence-corrected chi connectivity index (χ3v) is 2.77. The maximum Gasteiger partial charge on any atom is 0.311 e. The number of esters is 1. The summed E-state index contributed by atoms with van der Waals surface area (Å²) >= 11 is 0. The zero-order valence-electron chi connectivity index (χ0n) is 10.6. The Morgan fingerprint density at radius 3 is 2.82 bits per heavy atom. The number of carbonyl (C=O) groups excluding carboxylic acids is 1. The Morgan fingerprint density at radius 2 is 2.29 bits per heavy atom. The van der Waals surface area contributed by atoms with Crippen LogP contribution in [0.2, 0.25) is 0 Å². The van der Waals surface area contributed by atoms with Crippen molar-refractivity contribution in [3.05, 3.63) is 18.0 Å². The van der Waals surface area contributed by atoms with Crippen LogP contribution in [0, 0.1) is 5.92 Å². The monoisotopic (exact) mass is 240 g/mol. The molecule has 0 fully saturated rings. The molecule has 0 radical (unpaired) electrons. The number of rotatable bonds is 6. The lowest BCUT2D eigenvalue weighted by atomic mass is 9.95. The van der Waals surface area contributed by atoms with Crippen LogP contribution in [-0.2, 0) is 16.1 Å². The molecule has 0 aliphatic heterocycles. The van der Waals surface area contributed by atoms with E-state index in [1.165, 1.54) is 7.11 Å². The highest BCUT2D eigenvalue weighted by molar-refractivity contribution is 5.73. The van der Waals surface area contributed by atoms with Gasteiger partial charge in [-0.1, -0.05) is 13.8 Å².